The molecule has 0 atom stereocenters. The Morgan fingerprint density at radius 3 is 3.00 bits per heavy atom. The van der Waals surface area contributed by atoms with E-state index in [9.17, 15) is 0 Å². The second kappa shape index (κ2) is 4.28. The molecular weight excluding hydrogens is 150 g/mol. The van der Waals surface area contributed by atoms with Crippen molar-refractivity contribution >= 4 is 5.71 Å². The van der Waals surface area contributed by atoms with Gasteiger partial charge in [-0.1, -0.05) is 0 Å². The van der Waals surface area contributed by atoms with Crippen LogP contribution in [0.2, 0.25) is 0 Å². The molecule has 0 aliphatic heterocycles. The summed E-state index contributed by atoms with van der Waals surface area (Å²) in [5, 5.41) is 0. The van der Waals surface area contributed by atoms with Crippen LogP contribution in [0, 0.1) is 0 Å². The number of pyridine rings is 1. The third-order valence-corrected chi connectivity index (χ3v) is 1.45. The van der Waals surface area contributed by atoms with Crippen LogP contribution >= 0.6 is 0 Å². The molecule has 3 heteroatoms. The Bertz CT molecular complexity index is 288. The van der Waals surface area contributed by atoms with Gasteiger partial charge >= 0.3 is 0 Å². The second-order valence-corrected chi connectivity index (χ2v) is 2.21. The summed E-state index contributed by atoms with van der Waals surface area (Å²) in [6.45, 7) is 0. The van der Waals surface area contributed by atoms with Crippen LogP contribution in [0.25, 0.3) is 0 Å². The molecule has 1 aromatic rings. The van der Waals surface area contributed by atoms with E-state index in [-0.39, 0.29) is 0 Å². The number of aromatic nitrogens is 1. The van der Waals surface area contributed by atoms with E-state index in [1.165, 1.54) is 6.20 Å². The van der Waals surface area contributed by atoms with E-state index in [1.54, 1.807) is 25.5 Å². The molecule has 0 saturated heterocycles. The summed E-state index contributed by atoms with van der Waals surface area (Å²) in [7, 11) is 1.72. The molecule has 0 spiro atoms. The van der Waals surface area contributed by atoms with E-state index < -0.39 is 0 Å². The van der Waals surface area contributed by atoms with Crippen molar-refractivity contribution in [3.8, 4) is 0 Å². The maximum absolute atomic E-state index is 5.26. The lowest BCUT2D eigenvalue weighted by Crippen LogP contribution is -1.97. The molecule has 62 valence electrons. The number of hydrogen-bond donors (Lipinski definition) is 1. The maximum atomic E-state index is 5.26. The van der Waals surface area contributed by atoms with Gasteiger partial charge in [0.05, 0.1) is 5.71 Å². The second-order valence-electron chi connectivity index (χ2n) is 2.21. The Balaban J connectivity index is 2.97. The molecule has 0 aliphatic carbocycles. The van der Waals surface area contributed by atoms with Crippen molar-refractivity contribution in [2.24, 2.45) is 10.7 Å². The largest absolute Gasteiger partial charge is 0.405 e. The number of aliphatic imine (C=N–C) groups is 1. The highest BCUT2D eigenvalue weighted by Gasteiger charge is 1.95. The first kappa shape index (κ1) is 8.46. The molecule has 0 amide bonds. The predicted octanol–water partition coefficient (Wildman–Crippen LogP) is 0.973. The van der Waals surface area contributed by atoms with E-state index in [0.717, 1.165) is 11.3 Å². The zero-order valence-corrected chi connectivity index (χ0v) is 6.94. The fraction of sp³-hybridized carbons (Fsp3) is 0.111. The van der Waals surface area contributed by atoms with E-state index in [4.69, 9.17) is 5.73 Å². The van der Waals surface area contributed by atoms with Crippen LogP contribution in [0.5, 0.6) is 0 Å². The minimum Gasteiger partial charge on any atom is -0.405 e. The lowest BCUT2D eigenvalue weighted by atomic mass is 10.2. The van der Waals surface area contributed by atoms with Gasteiger partial charge in [0, 0.05) is 25.0 Å². The van der Waals surface area contributed by atoms with Crippen LogP contribution in [0.1, 0.15) is 5.56 Å². The lowest BCUT2D eigenvalue weighted by molar-refractivity contribution is 1.31. The molecule has 0 radical (unpaired) electrons. The van der Waals surface area contributed by atoms with Gasteiger partial charge in [-0.3, -0.25) is 9.98 Å². The number of rotatable bonds is 2. The summed E-state index contributed by atoms with van der Waals surface area (Å²) in [6.07, 6.45) is 6.69. The monoisotopic (exact) mass is 161 g/mol. The van der Waals surface area contributed by atoms with Crippen molar-refractivity contribution in [3.63, 3.8) is 0 Å². The Labute approximate surface area is 71.7 Å². The molecule has 1 aromatic heterocycles. The molecule has 1 heterocycles. The van der Waals surface area contributed by atoms with Crippen molar-refractivity contribution in [1.29, 1.82) is 0 Å². The molecule has 0 saturated carbocycles. The zero-order chi connectivity index (χ0) is 8.81. The maximum Gasteiger partial charge on any atom is 0.0672 e. The van der Waals surface area contributed by atoms with Crippen LogP contribution in [0.3, 0.4) is 0 Å². The van der Waals surface area contributed by atoms with Gasteiger partial charge in [-0.15, -0.1) is 0 Å². The topological polar surface area (TPSA) is 51.3 Å². The molecule has 0 aromatic carbocycles. The molecule has 0 bridgehead atoms. The van der Waals surface area contributed by atoms with Crippen molar-refractivity contribution in [1.82, 2.24) is 4.98 Å². The third kappa shape index (κ3) is 1.92. The van der Waals surface area contributed by atoms with Gasteiger partial charge in [0.1, 0.15) is 0 Å². The molecule has 1 rings (SSSR count). The fourth-order valence-corrected chi connectivity index (χ4v) is 0.905. The highest BCUT2D eigenvalue weighted by molar-refractivity contribution is 6.08. The fourth-order valence-electron chi connectivity index (χ4n) is 0.905. The number of hydrogen-bond acceptors (Lipinski definition) is 3. The minimum atomic E-state index is 0.839. The van der Waals surface area contributed by atoms with Gasteiger partial charge in [-0.05, 0) is 24.4 Å². The lowest BCUT2D eigenvalue weighted by Gasteiger charge is -1.97. The van der Waals surface area contributed by atoms with Crippen molar-refractivity contribution < 1.29 is 0 Å². The molecule has 0 unspecified atom stereocenters. The normalized spacial score (nSPS) is 12.2. The van der Waals surface area contributed by atoms with Crippen molar-refractivity contribution in [3.05, 3.63) is 42.4 Å². The Hall–Kier alpha value is -1.64. The SMILES string of the molecule is CN=C(C=CN)c1cccnc1. The molecule has 2 N–H and O–H groups in total. The summed E-state index contributed by atoms with van der Waals surface area (Å²) in [4.78, 5) is 8.04. The average Bonchev–Trinajstić information content (AvgIpc) is 2.15. The van der Waals surface area contributed by atoms with Gasteiger partial charge in [-0.25, -0.2) is 0 Å². The van der Waals surface area contributed by atoms with Gasteiger partial charge in [0.2, 0.25) is 0 Å². The molecule has 0 fully saturated rings. The van der Waals surface area contributed by atoms with Crippen LogP contribution < -0.4 is 5.73 Å². The molecule has 12 heavy (non-hydrogen) atoms. The van der Waals surface area contributed by atoms with Crippen LogP contribution in [0.4, 0.5) is 0 Å². The summed E-state index contributed by atoms with van der Waals surface area (Å²) in [6, 6.07) is 3.81. The number of allylic oxidation sites excluding steroid dienone is 1. The zero-order valence-electron chi connectivity index (χ0n) is 6.94. The van der Waals surface area contributed by atoms with E-state index in [2.05, 4.69) is 9.98 Å². The van der Waals surface area contributed by atoms with Crippen LogP contribution in [-0.4, -0.2) is 17.7 Å². The summed E-state index contributed by atoms with van der Waals surface area (Å²) < 4.78 is 0. The van der Waals surface area contributed by atoms with Gasteiger partial charge in [-0.2, -0.15) is 0 Å². The Morgan fingerprint density at radius 1 is 1.67 bits per heavy atom. The molecular formula is C9H11N3. The van der Waals surface area contributed by atoms with Gasteiger partial charge in [0.25, 0.3) is 0 Å². The van der Waals surface area contributed by atoms with E-state index >= 15 is 0 Å². The minimum absolute atomic E-state index is 0.839. The molecule has 0 aliphatic rings. The van der Waals surface area contributed by atoms with Crippen molar-refractivity contribution in [2.45, 2.75) is 0 Å². The summed E-state index contributed by atoms with van der Waals surface area (Å²) in [5.74, 6) is 0. The highest BCUT2D eigenvalue weighted by atomic mass is 14.7. The van der Waals surface area contributed by atoms with Gasteiger partial charge < -0.3 is 5.73 Å². The molecule has 3 nitrogen and oxygen atoms in total. The first-order chi connectivity index (χ1) is 5.88. The van der Waals surface area contributed by atoms with E-state index in [1.807, 2.05) is 12.1 Å². The van der Waals surface area contributed by atoms with Crippen LogP contribution in [0.15, 0.2) is 41.8 Å². The van der Waals surface area contributed by atoms with Crippen LogP contribution in [-0.2, 0) is 0 Å². The quantitative estimate of drug-likeness (QED) is 0.657. The third-order valence-electron chi connectivity index (χ3n) is 1.45. The van der Waals surface area contributed by atoms with Crippen molar-refractivity contribution in [2.75, 3.05) is 7.05 Å². The summed E-state index contributed by atoms with van der Waals surface area (Å²) >= 11 is 0. The average molecular weight is 161 g/mol. The Kier molecular flexibility index (Phi) is 3.02. The van der Waals surface area contributed by atoms with E-state index in [0.29, 0.717) is 0 Å². The Morgan fingerprint density at radius 2 is 2.50 bits per heavy atom. The highest BCUT2D eigenvalue weighted by Crippen LogP contribution is 1.99. The number of nitrogens with two attached hydrogens (primary N) is 1. The predicted molar refractivity (Wildman–Crippen MR) is 50.0 cm³/mol. The first-order valence-electron chi connectivity index (χ1n) is 3.64. The van der Waals surface area contributed by atoms with Gasteiger partial charge in [0.15, 0.2) is 0 Å². The summed E-state index contributed by atoms with van der Waals surface area (Å²) in [5.41, 5.74) is 7.07. The standard InChI is InChI=1S/C9H11N3/c1-11-9(4-5-10)8-3-2-6-12-7-8/h2-7H,10H2,1H3. The smallest absolute Gasteiger partial charge is 0.0672 e. The number of nitrogens with zero attached hydrogens (tertiary/aromatic N) is 2. The first-order valence-corrected chi connectivity index (χ1v) is 3.64.